The molecular formula is C38H37NO8. The third kappa shape index (κ3) is 5.10. The molecular weight excluding hydrogens is 598 g/mol. The van der Waals surface area contributed by atoms with Gasteiger partial charge in [-0.25, -0.2) is 4.79 Å². The zero-order valence-electron chi connectivity index (χ0n) is 26.6. The van der Waals surface area contributed by atoms with Crippen LogP contribution in [0.3, 0.4) is 0 Å². The number of fused-ring (bicyclic) bond motifs is 7. The molecule has 9 heteroatoms. The molecule has 1 atom stereocenters. The molecule has 4 aromatic carbocycles. The van der Waals surface area contributed by atoms with Gasteiger partial charge in [-0.05, 0) is 93.3 Å². The van der Waals surface area contributed by atoms with E-state index in [0.29, 0.717) is 46.5 Å². The second kappa shape index (κ2) is 11.3. The highest BCUT2D eigenvalue weighted by atomic mass is 16.6. The van der Waals surface area contributed by atoms with Crippen molar-refractivity contribution in [2.45, 2.75) is 64.1 Å². The largest absolute Gasteiger partial charge is 0.508 e. The normalized spacial score (nSPS) is 17.8. The molecule has 4 aromatic rings. The van der Waals surface area contributed by atoms with Gasteiger partial charge in [0.1, 0.15) is 40.1 Å². The number of amides is 1. The van der Waals surface area contributed by atoms with Gasteiger partial charge in [-0.15, -0.1) is 0 Å². The molecule has 242 valence electrons. The number of phenols is 3. The number of aromatic hydroxyl groups is 3. The number of esters is 1. The first-order valence-corrected chi connectivity index (χ1v) is 16.0. The maximum absolute atomic E-state index is 13.7. The quantitative estimate of drug-likeness (QED) is 0.128. The van der Waals surface area contributed by atoms with Crippen LogP contribution in [0, 0.1) is 5.92 Å². The summed E-state index contributed by atoms with van der Waals surface area (Å²) in [5, 5.41) is 34.3. The molecule has 0 saturated heterocycles. The molecule has 0 fully saturated rings. The molecule has 47 heavy (non-hydrogen) atoms. The lowest BCUT2D eigenvalue weighted by Gasteiger charge is -2.40. The van der Waals surface area contributed by atoms with Crippen molar-refractivity contribution < 1.29 is 39.1 Å². The van der Waals surface area contributed by atoms with Crippen LogP contribution < -0.4 is 14.8 Å². The topological polar surface area (TPSA) is 135 Å². The van der Waals surface area contributed by atoms with Crippen LogP contribution in [0.25, 0.3) is 0 Å². The van der Waals surface area contributed by atoms with E-state index in [1.807, 2.05) is 26.0 Å². The van der Waals surface area contributed by atoms with Crippen LogP contribution in [0.15, 0.2) is 66.7 Å². The van der Waals surface area contributed by atoms with Crippen LogP contribution in [0.2, 0.25) is 0 Å². The smallest absolute Gasteiger partial charge is 0.340 e. The molecule has 9 nitrogen and oxygen atoms in total. The van der Waals surface area contributed by atoms with Crippen LogP contribution in [0.5, 0.6) is 34.5 Å². The molecule has 0 bridgehead atoms. The summed E-state index contributed by atoms with van der Waals surface area (Å²) in [6.07, 6.45) is 4.72. The Kier molecular flexibility index (Phi) is 7.30. The number of hydrogen-bond donors (Lipinski definition) is 4. The van der Waals surface area contributed by atoms with E-state index >= 15 is 0 Å². The molecule has 1 unspecified atom stereocenters. The van der Waals surface area contributed by atoms with Gasteiger partial charge in [0, 0.05) is 52.4 Å². The molecule has 1 spiro atoms. The highest BCUT2D eigenvalue weighted by Crippen LogP contribution is 2.57. The van der Waals surface area contributed by atoms with Crippen molar-refractivity contribution in [3.8, 4) is 34.5 Å². The van der Waals surface area contributed by atoms with Crippen molar-refractivity contribution in [1.82, 2.24) is 5.32 Å². The van der Waals surface area contributed by atoms with Crippen molar-refractivity contribution in [3.05, 3.63) is 106 Å². The zero-order valence-corrected chi connectivity index (χ0v) is 26.6. The van der Waals surface area contributed by atoms with Crippen molar-refractivity contribution in [2.24, 2.45) is 5.92 Å². The van der Waals surface area contributed by atoms with Gasteiger partial charge >= 0.3 is 5.97 Å². The lowest BCUT2D eigenvalue weighted by molar-refractivity contribution is 0.0223. The molecule has 3 aliphatic heterocycles. The Hall–Kier alpha value is -5.18. The SMILES string of the molecule is CCCCCc1cc(O)c2c(c1)OC(C)(C)C(CNC(=O)c1ccc3c(c1)C1(OC3=O)c3ccc(O)cc3Oc3cc(O)ccc31)C2. The third-order valence-electron chi connectivity index (χ3n) is 9.67. The van der Waals surface area contributed by atoms with E-state index in [0.717, 1.165) is 36.8 Å². The first-order chi connectivity index (χ1) is 22.5. The number of benzene rings is 4. The van der Waals surface area contributed by atoms with E-state index in [1.165, 1.54) is 24.3 Å². The molecule has 0 aliphatic carbocycles. The van der Waals surface area contributed by atoms with E-state index in [9.17, 15) is 24.9 Å². The van der Waals surface area contributed by atoms with Gasteiger partial charge in [0.05, 0.1) is 5.56 Å². The van der Waals surface area contributed by atoms with Gasteiger partial charge in [0.15, 0.2) is 5.60 Å². The summed E-state index contributed by atoms with van der Waals surface area (Å²) in [5.41, 5.74) is 1.74. The fourth-order valence-corrected chi connectivity index (χ4v) is 7.04. The molecule has 1 amide bonds. The average Bonchev–Trinajstić information content (AvgIpc) is 3.31. The number of rotatable bonds is 7. The first-order valence-electron chi connectivity index (χ1n) is 16.0. The maximum atomic E-state index is 13.7. The van der Waals surface area contributed by atoms with E-state index in [-0.39, 0.29) is 40.6 Å². The van der Waals surface area contributed by atoms with E-state index in [4.69, 9.17) is 14.2 Å². The fourth-order valence-electron chi connectivity index (χ4n) is 7.04. The number of carbonyl (C=O) groups excluding carboxylic acids is 2. The van der Waals surface area contributed by atoms with Crippen molar-refractivity contribution in [3.63, 3.8) is 0 Å². The van der Waals surface area contributed by atoms with Crippen LogP contribution >= 0.6 is 0 Å². The molecule has 3 heterocycles. The molecule has 0 aromatic heterocycles. The third-order valence-corrected chi connectivity index (χ3v) is 9.67. The van der Waals surface area contributed by atoms with Gasteiger partial charge in [0.2, 0.25) is 0 Å². The summed E-state index contributed by atoms with van der Waals surface area (Å²) in [5.74, 6) is 0.296. The highest BCUT2D eigenvalue weighted by Gasteiger charge is 2.54. The van der Waals surface area contributed by atoms with E-state index in [2.05, 4.69) is 12.2 Å². The van der Waals surface area contributed by atoms with Crippen molar-refractivity contribution in [2.75, 3.05) is 6.54 Å². The van der Waals surface area contributed by atoms with Gasteiger partial charge in [-0.1, -0.05) is 19.8 Å². The highest BCUT2D eigenvalue weighted by molar-refractivity contribution is 6.00. The summed E-state index contributed by atoms with van der Waals surface area (Å²) in [6, 6.07) is 17.7. The Labute approximate surface area is 272 Å². The summed E-state index contributed by atoms with van der Waals surface area (Å²) in [7, 11) is 0. The number of unbranched alkanes of at least 4 members (excludes halogenated alkanes) is 2. The Bertz CT molecular complexity index is 1880. The molecule has 4 N–H and O–H groups in total. The van der Waals surface area contributed by atoms with Crippen LogP contribution in [-0.4, -0.2) is 39.3 Å². The lowest BCUT2D eigenvalue weighted by atomic mass is 9.77. The predicted molar refractivity (Wildman–Crippen MR) is 174 cm³/mol. The lowest BCUT2D eigenvalue weighted by Crippen LogP contribution is -2.47. The number of carbonyl (C=O) groups is 2. The monoisotopic (exact) mass is 635 g/mol. The number of aryl methyl sites for hydroxylation is 1. The van der Waals surface area contributed by atoms with Gasteiger partial charge in [-0.2, -0.15) is 0 Å². The molecule has 3 aliphatic rings. The van der Waals surface area contributed by atoms with Crippen molar-refractivity contribution in [1.29, 1.82) is 0 Å². The molecule has 0 saturated carbocycles. The second-order valence-corrected chi connectivity index (χ2v) is 13.2. The molecule has 0 radical (unpaired) electrons. The van der Waals surface area contributed by atoms with Gasteiger partial charge < -0.3 is 34.8 Å². The minimum atomic E-state index is -1.47. The molecule has 7 rings (SSSR count). The number of nitrogens with one attached hydrogen (secondary N) is 1. The summed E-state index contributed by atoms with van der Waals surface area (Å²) in [4.78, 5) is 27.0. The Morgan fingerprint density at radius 3 is 2.23 bits per heavy atom. The summed E-state index contributed by atoms with van der Waals surface area (Å²) in [6.45, 7) is 6.44. The maximum Gasteiger partial charge on any atom is 0.340 e. The zero-order chi connectivity index (χ0) is 33.1. The van der Waals surface area contributed by atoms with Crippen LogP contribution in [-0.2, 0) is 23.2 Å². The number of phenolic OH excluding ortho intramolecular Hbond substituents is 3. The Morgan fingerprint density at radius 2 is 1.55 bits per heavy atom. The van der Waals surface area contributed by atoms with Crippen molar-refractivity contribution >= 4 is 11.9 Å². The average molecular weight is 636 g/mol. The minimum Gasteiger partial charge on any atom is -0.508 e. The number of hydrogen-bond acceptors (Lipinski definition) is 8. The minimum absolute atomic E-state index is 0.0434. The number of ether oxygens (including phenoxy) is 3. The summed E-state index contributed by atoms with van der Waals surface area (Å²) < 4.78 is 18.6. The van der Waals surface area contributed by atoms with Gasteiger partial charge in [0.25, 0.3) is 5.91 Å². The standard InChI is InChI=1S/C38H37NO8/c1-4-5-6-7-21-14-31(42)27-17-23(37(2,3)46-32(27)15-21)20-39-35(43)22-8-11-26-30(16-22)38(47-36(26)44)28-12-9-24(40)18-33(28)45-34-19-25(41)10-13-29(34)38/h8-16,18-19,23,40-42H,4-7,17,20H2,1-3H3,(H,39,43). The second-order valence-electron chi connectivity index (χ2n) is 13.2. The Morgan fingerprint density at radius 1 is 0.851 bits per heavy atom. The van der Waals surface area contributed by atoms with Crippen LogP contribution in [0.1, 0.15) is 88.6 Å². The summed E-state index contributed by atoms with van der Waals surface area (Å²) >= 11 is 0. The Balaban J connectivity index is 1.17. The van der Waals surface area contributed by atoms with E-state index < -0.39 is 17.2 Å². The fraction of sp³-hybridized carbons (Fsp3) is 0.316. The first kappa shape index (κ1) is 30.5. The van der Waals surface area contributed by atoms with Gasteiger partial charge in [-0.3, -0.25) is 4.79 Å². The van der Waals surface area contributed by atoms with E-state index in [1.54, 1.807) is 30.3 Å². The predicted octanol–water partition coefficient (Wildman–Crippen LogP) is 6.86. The van der Waals surface area contributed by atoms with Crippen LogP contribution in [0.4, 0.5) is 0 Å².